The van der Waals surface area contributed by atoms with Gasteiger partial charge in [0.2, 0.25) is 11.8 Å². The number of anilines is 1. The summed E-state index contributed by atoms with van der Waals surface area (Å²) < 4.78 is 0. The topological polar surface area (TPSA) is 49.4 Å². The van der Waals surface area contributed by atoms with Crippen molar-refractivity contribution in [3.05, 3.63) is 29.3 Å². The molecule has 0 bridgehead atoms. The van der Waals surface area contributed by atoms with Crippen LogP contribution in [0.25, 0.3) is 0 Å². The van der Waals surface area contributed by atoms with E-state index in [1.54, 1.807) is 0 Å². The zero-order valence-electron chi connectivity index (χ0n) is 11.5. The van der Waals surface area contributed by atoms with Crippen LogP contribution in [0.3, 0.4) is 0 Å². The van der Waals surface area contributed by atoms with Gasteiger partial charge in [-0.15, -0.1) is 0 Å². The number of benzene rings is 1. The van der Waals surface area contributed by atoms with Crippen LogP contribution >= 0.6 is 0 Å². The summed E-state index contributed by atoms with van der Waals surface area (Å²) in [5.74, 6) is -0.00738. The fraction of sp³-hybridized carbons (Fsp3) is 0.467. The van der Waals surface area contributed by atoms with Gasteiger partial charge in [0.15, 0.2) is 0 Å². The average molecular weight is 260 g/mol. The molecule has 2 amide bonds. The van der Waals surface area contributed by atoms with Gasteiger partial charge in [-0.25, -0.2) is 0 Å². The highest BCUT2D eigenvalue weighted by Crippen LogP contribution is 2.30. The third-order valence-corrected chi connectivity index (χ3v) is 3.43. The minimum absolute atomic E-state index is 0.0870. The minimum Gasteiger partial charge on any atom is -0.356 e. The third-order valence-electron chi connectivity index (χ3n) is 3.43. The van der Waals surface area contributed by atoms with E-state index in [1.165, 1.54) is 12.5 Å². The molecule has 0 aromatic heterocycles. The molecular formula is C15H20N2O2. The molecule has 0 fully saturated rings. The van der Waals surface area contributed by atoms with E-state index in [4.69, 9.17) is 0 Å². The summed E-state index contributed by atoms with van der Waals surface area (Å²) in [7, 11) is 0. The van der Waals surface area contributed by atoms with E-state index in [-0.39, 0.29) is 11.8 Å². The molecule has 4 heteroatoms. The second-order valence-corrected chi connectivity index (χ2v) is 4.96. The first-order valence-electron chi connectivity index (χ1n) is 6.73. The Balaban J connectivity index is 2.10. The molecule has 1 aliphatic rings. The Kier molecular flexibility index (Phi) is 4.20. The van der Waals surface area contributed by atoms with Crippen molar-refractivity contribution in [3.63, 3.8) is 0 Å². The Morgan fingerprint density at radius 1 is 1.37 bits per heavy atom. The Morgan fingerprint density at radius 3 is 2.89 bits per heavy atom. The lowest BCUT2D eigenvalue weighted by molar-refractivity contribution is -0.120. The summed E-state index contributed by atoms with van der Waals surface area (Å²) in [6, 6.07) is 6.17. The normalized spacial score (nSPS) is 13.9. The van der Waals surface area contributed by atoms with Crippen LogP contribution in [0.4, 0.5) is 5.69 Å². The van der Waals surface area contributed by atoms with Crippen molar-refractivity contribution in [1.82, 2.24) is 5.32 Å². The largest absolute Gasteiger partial charge is 0.356 e. The van der Waals surface area contributed by atoms with Crippen LogP contribution in [0.15, 0.2) is 18.2 Å². The van der Waals surface area contributed by atoms with E-state index in [0.717, 1.165) is 30.6 Å². The molecule has 4 nitrogen and oxygen atoms in total. The number of nitrogens with one attached hydrogen (secondary N) is 1. The molecule has 1 heterocycles. The molecule has 1 N–H and O–H groups in total. The van der Waals surface area contributed by atoms with Gasteiger partial charge in [0, 0.05) is 32.1 Å². The second kappa shape index (κ2) is 5.87. The van der Waals surface area contributed by atoms with Crippen molar-refractivity contribution in [2.75, 3.05) is 18.0 Å². The molecule has 0 unspecified atom stereocenters. The molecule has 1 aromatic carbocycles. The monoisotopic (exact) mass is 260 g/mol. The van der Waals surface area contributed by atoms with E-state index in [2.05, 4.69) is 11.4 Å². The highest BCUT2D eigenvalue weighted by atomic mass is 16.2. The van der Waals surface area contributed by atoms with Gasteiger partial charge in [-0.2, -0.15) is 0 Å². The Morgan fingerprint density at radius 2 is 2.16 bits per heavy atom. The summed E-state index contributed by atoms with van der Waals surface area (Å²) in [5.41, 5.74) is 3.46. The van der Waals surface area contributed by atoms with Gasteiger partial charge < -0.3 is 10.2 Å². The van der Waals surface area contributed by atoms with Crippen LogP contribution in [0.2, 0.25) is 0 Å². The van der Waals surface area contributed by atoms with Gasteiger partial charge >= 0.3 is 0 Å². The number of para-hydroxylation sites is 1. The lowest BCUT2D eigenvalue weighted by atomic mass is 9.98. The van der Waals surface area contributed by atoms with Gasteiger partial charge in [0.05, 0.1) is 0 Å². The van der Waals surface area contributed by atoms with Crippen molar-refractivity contribution in [3.8, 4) is 0 Å². The number of fused-ring (bicyclic) bond motifs is 1. The summed E-state index contributed by atoms with van der Waals surface area (Å²) in [5, 5.41) is 2.67. The summed E-state index contributed by atoms with van der Waals surface area (Å²) in [6.07, 6.45) is 2.39. The maximum atomic E-state index is 12.3. The second-order valence-electron chi connectivity index (χ2n) is 4.96. The van der Waals surface area contributed by atoms with Crippen molar-refractivity contribution >= 4 is 17.5 Å². The average Bonchev–Trinajstić information content (AvgIpc) is 2.38. The van der Waals surface area contributed by atoms with Crippen LogP contribution < -0.4 is 10.2 Å². The van der Waals surface area contributed by atoms with Crippen molar-refractivity contribution in [1.29, 1.82) is 0 Å². The molecule has 1 aliphatic heterocycles. The predicted octanol–water partition coefficient (Wildman–Crippen LogP) is 1.80. The molecule has 0 spiro atoms. The van der Waals surface area contributed by atoms with Crippen molar-refractivity contribution in [2.45, 2.75) is 33.1 Å². The van der Waals surface area contributed by atoms with Crippen LogP contribution in [-0.4, -0.2) is 24.9 Å². The molecule has 0 atom stereocenters. The highest BCUT2D eigenvalue weighted by Gasteiger charge is 2.23. The molecule has 0 radical (unpaired) electrons. The lowest BCUT2D eigenvalue weighted by Gasteiger charge is -2.31. The summed E-state index contributed by atoms with van der Waals surface area (Å²) in [6.45, 7) is 4.69. The van der Waals surface area contributed by atoms with E-state index in [0.29, 0.717) is 13.0 Å². The molecule has 0 aliphatic carbocycles. The molecular weight excluding hydrogens is 240 g/mol. The van der Waals surface area contributed by atoms with Crippen molar-refractivity contribution < 1.29 is 9.59 Å². The van der Waals surface area contributed by atoms with Crippen LogP contribution in [0.1, 0.15) is 30.9 Å². The zero-order chi connectivity index (χ0) is 13.8. The van der Waals surface area contributed by atoms with Crippen LogP contribution in [0.5, 0.6) is 0 Å². The first kappa shape index (κ1) is 13.6. The molecule has 1 aromatic rings. The first-order valence-corrected chi connectivity index (χ1v) is 6.73. The van der Waals surface area contributed by atoms with Gasteiger partial charge in [-0.05, 0) is 30.9 Å². The number of amides is 2. The molecule has 102 valence electrons. The third kappa shape index (κ3) is 3.13. The number of rotatable bonds is 3. The number of nitrogens with zero attached hydrogens (tertiary/aromatic N) is 1. The highest BCUT2D eigenvalue weighted by molar-refractivity contribution is 5.95. The van der Waals surface area contributed by atoms with Crippen LogP contribution in [0, 0.1) is 6.92 Å². The first-order chi connectivity index (χ1) is 9.09. The van der Waals surface area contributed by atoms with E-state index < -0.39 is 0 Å². The van der Waals surface area contributed by atoms with E-state index in [1.807, 2.05) is 24.0 Å². The molecule has 19 heavy (non-hydrogen) atoms. The maximum absolute atomic E-state index is 12.3. The van der Waals surface area contributed by atoms with Crippen LogP contribution in [-0.2, 0) is 16.0 Å². The predicted molar refractivity (Wildman–Crippen MR) is 75.2 cm³/mol. The Labute approximate surface area is 113 Å². The summed E-state index contributed by atoms with van der Waals surface area (Å²) >= 11 is 0. The smallest absolute Gasteiger partial charge is 0.228 e. The maximum Gasteiger partial charge on any atom is 0.228 e. The number of hydrogen-bond acceptors (Lipinski definition) is 2. The SMILES string of the molecule is CC(=O)NCCC(=O)N1CCCc2cccc(C)c21. The number of carbonyl (C=O) groups is 2. The van der Waals surface area contributed by atoms with E-state index >= 15 is 0 Å². The van der Waals surface area contributed by atoms with Gasteiger partial charge in [0.1, 0.15) is 0 Å². The zero-order valence-corrected chi connectivity index (χ0v) is 11.5. The molecule has 0 saturated carbocycles. The Hall–Kier alpha value is -1.84. The fourth-order valence-electron chi connectivity index (χ4n) is 2.58. The Bertz CT molecular complexity index is 497. The molecule has 0 saturated heterocycles. The number of aryl methyl sites for hydroxylation is 2. The number of carbonyl (C=O) groups excluding carboxylic acids is 2. The van der Waals surface area contributed by atoms with Gasteiger partial charge in [-0.1, -0.05) is 18.2 Å². The van der Waals surface area contributed by atoms with E-state index in [9.17, 15) is 9.59 Å². The molecule has 2 rings (SSSR count). The van der Waals surface area contributed by atoms with Crippen molar-refractivity contribution in [2.24, 2.45) is 0 Å². The quantitative estimate of drug-likeness (QED) is 0.901. The van der Waals surface area contributed by atoms with Gasteiger partial charge in [0.25, 0.3) is 0 Å². The fourth-order valence-corrected chi connectivity index (χ4v) is 2.58. The summed E-state index contributed by atoms with van der Waals surface area (Å²) in [4.78, 5) is 25.0. The standard InChI is InChI=1S/C15H20N2O2/c1-11-5-3-6-13-7-4-10-17(15(11)13)14(19)8-9-16-12(2)18/h3,5-6H,4,7-10H2,1-2H3,(H,16,18). The minimum atomic E-state index is -0.0944. The lowest BCUT2D eigenvalue weighted by Crippen LogP contribution is -2.38. The van der Waals surface area contributed by atoms with Gasteiger partial charge in [-0.3, -0.25) is 9.59 Å². The number of hydrogen-bond donors (Lipinski definition) is 1.